The number of benzene rings is 1. The number of nitrogens with two attached hydrogens (primary N) is 1. The molecule has 1 unspecified atom stereocenters. The van der Waals surface area contributed by atoms with Crippen LogP contribution in [-0.4, -0.2) is 29.5 Å². The Morgan fingerprint density at radius 3 is 2.86 bits per heavy atom. The van der Waals surface area contributed by atoms with Crippen molar-refractivity contribution in [3.63, 3.8) is 0 Å². The van der Waals surface area contributed by atoms with Gasteiger partial charge in [-0.15, -0.1) is 12.4 Å². The molecule has 5 heteroatoms. The van der Waals surface area contributed by atoms with Crippen LogP contribution in [0.2, 0.25) is 0 Å². The molecule has 1 aromatic carbocycles. The summed E-state index contributed by atoms with van der Waals surface area (Å²) in [6, 6.07) is 10.0. The topological polar surface area (TPSA) is 55.3 Å². The minimum absolute atomic E-state index is 0. The summed E-state index contributed by atoms with van der Waals surface area (Å²) < 4.78 is 5.58. The van der Waals surface area contributed by atoms with Crippen LogP contribution in [0.25, 0.3) is 11.5 Å². The number of halogens is 1. The predicted molar refractivity (Wildman–Crippen MR) is 86.2 cm³/mol. The van der Waals surface area contributed by atoms with E-state index in [4.69, 9.17) is 10.2 Å². The molecule has 3 rings (SSSR count). The lowest BCUT2D eigenvalue weighted by Gasteiger charge is -2.31. The van der Waals surface area contributed by atoms with Crippen LogP contribution in [0.15, 0.2) is 41.0 Å². The summed E-state index contributed by atoms with van der Waals surface area (Å²) in [4.78, 5) is 7.01. The van der Waals surface area contributed by atoms with Crippen LogP contribution in [0.1, 0.15) is 18.5 Å². The van der Waals surface area contributed by atoms with Gasteiger partial charge < -0.3 is 10.2 Å². The molecule has 1 aliphatic heterocycles. The first-order valence-corrected chi connectivity index (χ1v) is 7.27. The van der Waals surface area contributed by atoms with E-state index in [9.17, 15) is 0 Å². The molecule has 1 saturated heterocycles. The number of likely N-dealkylation sites (tertiary alicyclic amines) is 1. The van der Waals surface area contributed by atoms with Crippen molar-refractivity contribution in [3.8, 4) is 11.5 Å². The third-order valence-electron chi connectivity index (χ3n) is 3.89. The van der Waals surface area contributed by atoms with Crippen molar-refractivity contribution in [1.29, 1.82) is 0 Å². The fraction of sp³-hybridized carbons (Fsp3) is 0.438. The van der Waals surface area contributed by atoms with E-state index in [1.165, 1.54) is 12.8 Å². The summed E-state index contributed by atoms with van der Waals surface area (Å²) in [7, 11) is 0. The largest absolute Gasteiger partial charge is 0.444 e. The third-order valence-corrected chi connectivity index (χ3v) is 3.89. The third kappa shape index (κ3) is 4.06. The lowest BCUT2D eigenvalue weighted by molar-refractivity contribution is 0.169. The molecule has 2 N–H and O–H groups in total. The predicted octanol–water partition coefficient (Wildman–Crippen LogP) is 2.93. The Morgan fingerprint density at radius 1 is 1.29 bits per heavy atom. The van der Waals surface area contributed by atoms with Gasteiger partial charge in [-0.1, -0.05) is 18.2 Å². The fourth-order valence-electron chi connectivity index (χ4n) is 2.81. The van der Waals surface area contributed by atoms with E-state index in [2.05, 4.69) is 9.88 Å². The van der Waals surface area contributed by atoms with Gasteiger partial charge in [0.1, 0.15) is 6.26 Å². The van der Waals surface area contributed by atoms with Gasteiger partial charge in [0.2, 0.25) is 5.89 Å². The monoisotopic (exact) mass is 307 g/mol. The van der Waals surface area contributed by atoms with Crippen LogP contribution < -0.4 is 5.73 Å². The molecule has 0 aliphatic carbocycles. The number of rotatable bonds is 4. The van der Waals surface area contributed by atoms with Crippen LogP contribution in [0.4, 0.5) is 0 Å². The normalized spacial score (nSPS) is 19.2. The zero-order chi connectivity index (χ0) is 13.8. The maximum absolute atomic E-state index is 5.78. The van der Waals surface area contributed by atoms with E-state index in [-0.39, 0.29) is 12.4 Å². The quantitative estimate of drug-likeness (QED) is 0.943. The summed E-state index contributed by atoms with van der Waals surface area (Å²) in [6.45, 7) is 3.84. The molecule has 1 aromatic heterocycles. The summed E-state index contributed by atoms with van der Waals surface area (Å²) in [5.41, 5.74) is 7.80. The maximum atomic E-state index is 5.78. The Labute approximate surface area is 131 Å². The minimum atomic E-state index is 0. The molecule has 0 radical (unpaired) electrons. The number of oxazole rings is 1. The average Bonchev–Trinajstić information content (AvgIpc) is 2.97. The van der Waals surface area contributed by atoms with Crippen molar-refractivity contribution in [2.45, 2.75) is 19.4 Å². The smallest absolute Gasteiger partial charge is 0.226 e. The van der Waals surface area contributed by atoms with Gasteiger partial charge in [-0.2, -0.15) is 0 Å². The second-order valence-electron chi connectivity index (χ2n) is 5.49. The molecule has 0 bridgehead atoms. The van der Waals surface area contributed by atoms with Gasteiger partial charge in [0.05, 0.1) is 5.69 Å². The maximum Gasteiger partial charge on any atom is 0.226 e. The summed E-state index contributed by atoms with van der Waals surface area (Å²) in [5.74, 6) is 1.33. The molecule has 0 amide bonds. The van der Waals surface area contributed by atoms with Crippen molar-refractivity contribution in [2.24, 2.45) is 11.7 Å². The SMILES string of the molecule is Cl.NCC1CCCN(Cc2coc(-c3ccccc3)n2)C1. The summed E-state index contributed by atoms with van der Waals surface area (Å²) >= 11 is 0. The van der Waals surface area contributed by atoms with Crippen molar-refractivity contribution in [3.05, 3.63) is 42.3 Å². The Bertz CT molecular complexity index is 543. The van der Waals surface area contributed by atoms with Crippen molar-refractivity contribution < 1.29 is 4.42 Å². The van der Waals surface area contributed by atoms with Crippen molar-refractivity contribution >= 4 is 12.4 Å². The molecule has 21 heavy (non-hydrogen) atoms. The lowest BCUT2D eigenvalue weighted by atomic mass is 9.98. The van der Waals surface area contributed by atoms with E-state index < -0.39 is 0 Å². The highest BCUT2D eigenvalue weighted by Gasteiger charge is 2.19. The van der Waals surface area contributed by atoms with Crippen molar-refractivity contribution in [2.75, 3.05) is 19.6 Å². The first kappa shape index (κ1) is 16.0. The molecule has 1 fully saturated rings. The molecule has 114 valence electrons. The van der Waals surface area contributed by atoms with E-state index in [0.717, 1.165) is 37.4 Å². The highest BCUT2D eigenvalue weighted by atomic mass is 35.5. The molecule has 0 saturated carbocycles. The van der Waals surface area contributed by atoms with Crippen LogP contribution in [-0.2, 0) is 6.54 Å². The fourth-order valence-corrected chi connectivity index (χ4v) is 2.81. The van der Waals surface area contributed by atoms with Gasteiger partial charge in [-0.05, 0) is 44.0 Å². The van der Waals surface area contributed by atoms with Crippen LogP contribution in [0, 0.1) is 5.92 Å². The van der Waals surface area contributed by atoms with Gasteiger partial charge in [0, 0.05) is 18.7 Å². The molecule has 0 spiro atoms. The minimum Gasteiger partial charge on any atom is -0.444 e. The Balaban J connectivity index is 0.00000161. The Hall–Kier alpha value is -1.36. The first-order valence-electron chi connectivity index (χ1n) is 7.27. The zero-order valence-electron chi connectivity index (χ0n) is 12.1. The average molecular weight is 308 g/mol. The molecular weight excluding hydrogens is 286 g/mol. The summed E-state index contributed by atoms with van der Waals surface area (Å²) in [5, 5.41) is 0. The number of nitrogens with zero attached hydrogens (tertiary/aromatic N) is 2. The highest BCUT2D eigenvalue weighted by Crippen LogP contribution is 2.21. The van der Waals surface area contributed by atoms with E-state index in [1.54, 1.807) is 6.26 Å². The van der Waals surface area contributed by atoms with Gasteiger partial charge in [-0.3, -0.25) is 4.90 Å². The number of hydrogen-bond acceptors (Lipinski definition) is 4. The van der Waals surface area contributed by atoms with E-state index in [1.807, 2.05) is 30.3 Å². The van der Waals surface area contributed by atoms with Gasteiger partial charge in [0.25, 0.3) is 0 Å². The zero-order valence-corrected chi connectivity index (χ0v) is 12.9. The molecule has 1 atom stereocenters. The second-order valence-corrected chi connectivity index (χ2v) is 5.49. The highest BCUT2D eigenvalue weighted by molar-refractivity contribution is 5.85. The van der Waals surface area contributed by atoms with Crippen LogP contribution in [0.5, 0.6) is 0 Å². The standard InChI is InChI=1S/C16H21N3O.ClH/c17-9-13-5-4-8-19(10-13)11-15-12-20-16(18-15)14-6-2-1-3-7-14;/h1-3,6-7,12-13H,4-5,8-11,17H2;1H. The van der Waals surface area contributed by atoms with Gasteiger partial charge >= 0.3 is 0 Å². The molecule has 2 aromatic rings. The number of hydrogen-bond donors (Lipinski definition) is 1. The molecular formula is C16H22ClN3O. The van der Waals surface area contributed by atoms with Crippen molar-refractivity contribution in [1.82, 2.24) is 9.88 Å². The van der Waals surface area contributed by atoms with E-state index >= 15 is 0 Å². The van der Waals surface area contributed by atoms with Crippen LogP contribution in [0.3, 0.4) is 0 Å². The lowest BCUT2D eigenvalue weighted by Crippen LogP contribution is -2.37. The molecule has 1 aliphatic rings. The summed E-state index contributed by atoms with van der Waals surface area (Å²) in [6.07, 6.45) is 4.25. The van der Waals surface area contributed by atoms with Gasteiger partial charge in [-0.25, -0.2) is 4.98 Å². The molecule has 2 heterocycles. The second kappa shape index (κ2) is 7.59. The number of aromatic nitrogens is 1. The first-order chi connectivity index (χ1) is 9.85. The Morgan fingerprint density at radius 2 is 2.10 bits per heavy atom. The molecule has 4 nitrogen and oxygen atoms in total. The van der Waals surface area contributed by atoms with E-state index in [0.29, 0.717) is 11.8 Å². The number of piperidine rings is 1. The Kier molecular flexibility index (Phi) is 5.79. The van der Waals surface area contributed by atoms with Crippen LogP contribution >= 0.6 is 12.4 Å². The van der Waals surface area contributed by atoms with Gasteiger partial charge in [0.15, 0.2) is 0 Å².